The summed E-state index contributed by atoms with van der Waals surface area (Å²) in [5.41, 5.74) is 5.64. The lowest BCUT2D eigenvalue weighted by molar-refractivity contribution is -0.148. The first-order valence-corrected chi connectivity index (χ1v) is 6.00. The molecule has 3 nitrogen and oxygen atoms in total. The van der Waals surface area contributed by atoms with Gasteiger partial charge in [-0.15, -0.1) is 0 Å². The first kappa shape index (κ1) is 14.4. The molecule has 0 fully saturated rings. The summed E-state index contributed by atoms with van der Waals surface area (Å²) < 4.78 is 5.13. The zero-order chi connectivity index (χ0) is 11.7. The minimum absolute atomic E-state index is 0.0145. The lowest BCUT2D eigenvalue weighted by atomic mass is 10.0. The molecule has 0 aromatic heterocycles. The fourth-order valence-electron chi connectivity index (χ4n) is 1.32. The van der Waals surface area contributed by atoms with Crippen LogP contribution in [0.4, 0.5) is 0 Å². The van der Waals surface area contributed by atoms with Gasteiger partial charge in [0.1, 0.15) is 0 Å². The molecular weight excluding hydrogens is 190 g/mol. The predicted molar refractivity (Wildman–Crippen MR) is 62.5 cm³/mol. The van der Waals surface area contributed by atoms with Gasteiger partial charge in [-0.1, -0.05) is 26.7 Å². The quantitative estimate of drug-likeness (QED) is 0.500. The van der Waals surface area contributed by atoms with Gasteiger partial charge in [0.2, 0.25) is 0 Å². The number of nitrogens with two attached hydrogens (primary N) is 1. The summed E-state index contributed by atoms with van der Waals surface area (Å²) in [6.45, 7) is 6.56. The summed E-state index contributed by atoms with van der Waals surface area (Å²) >= 11 is 0. The van der Waals surface area contributed by atoms with Crippen LogP contribution in [0, 0.1) is 5.92 Å². The van der Waals surface area contributed by atoms with Crippen LogP contribution in [0.5, 0.6) is 0 Å². The standard InChI is InChI=1S/C12H25NO2/c1-4-5-9-15-12(14)10(2)7-6-8-11(3)13/h10-11H,4-9,13H2,1-3H3. The average Bonchev–Trinajstić information content (AvgIpc) is 2.17. The molecule has 0 aliphatic carbocycles. The number of hydrogen-bond donors (Lipinski definition) is 1. The van der Waals surface area contributed by atoms with E-state index in [1.807, 2.05) is 13.8 Å². The van der Waals surface area contributed by atoms with Crippen LogP contribution in [0.25, 0.3) is 0 Å². The minimum Gasteiger partial charge on any atom is -0.465 e. The third-order valence-electron chi connectivity index (χ3n) is 2.44. The molecule has 0 aromatic carbocycles. The molecule has 0 amide bonds. The van der Waals surface area contributed by atoms with Gasteiger partial charge in [-0.05, 0) is 26.2 Å². The zero-order valence-corrected chi connectivity index (χ0v) is 10.3. The predicted octanol–water partition coefficient (Wildman–Crippen LogP) is 2.48. The molecule has 2 atom stereocenters. The van der Waals surface area contributed by atoms with E-state index in [4.69, 9.17) is 10.5 Å². The number of carbonyl (C=O) groups excluding carboxylic acids is 1. The Morgan fingerprint density at radius 2 is 1.93 bits per heavy atom. The maximum absolute atomic E-state index is 11.4. The summed E-state index contributed by atoms with van der Waals surface area (Å²) in [5.74, 6) is -0.0475. The molecule has 90 valence electrons. The molecule has 15 heavy (non-hydrogen) atoms. The summed E-state index contributed by atoms with van der Waals surface area (Å²) in [4.78, 5) is 11.4. The summed E-state index contributed by atoms with van der Waals surface area (Å²) in [5, 5.41) is 0. The Labute approximate surface area is 93.4 Å². The fourth-order valence-corrected chi connectivity index (χ4v) is 1.32. The average molecular weight is 215 g/mol. The molecule has 3 heteroatoms. The highest BCUT2D eigenvalue weighted by Gasteiger charge is 2.13. The second-order valence-electron chi connectivity index (χ2n) is 4.33. The van der Waals surface area contributed by atoms with Gasteiger partial charge in [-0.25, -0.2) is 0 Å². The van der Waals surface area contributed by atoms with E-state index in [0.717, 1.165) is 32.1 Å². The van der Waals surface area contributed by atoms with Crippen molar-refractivity contribution in [3.63, 3.8) is 0 Å². The van der Waals surface area contributed by atoms with Crippen LogP contribution in [-0.4, -0.2) is 18.6 Å². The molecule has 0 aliphatic heterocycles. The van der Waals surface area contributed by atoms with Crippen molar-refractivity contribution in [1.29, 1.82) is 0 Å². The second-order valence-corrected chi connectivity index (χ2v) is 4.33. The Morgan fingerprint density at radius 3 is 2.47 bits per heavy atom. The van der Waals surface area contributed by atoms with Gasteiger partial charge >= 0.3 is 5.97 Å². The highest BCUT2D eigenvalue weighted by Crippen LogP contribution is 2.10. The highest BCUT2D eigenvalue weighted by atomic mass is 16.5. The van der Waals surface area contributed by atoms with Crippen LogP contribution >= 0.6 is 0 Å². The Hall–Kier alpha value is -0.570. The molecule has 0 saturated heterocycles. The van der Waals surface area contributed by atoms with Crippen LogP contribution in [0.2, 0.25) is 0 Å². The fraction of sp³-hybridized carbons (Fsp3) is 0.917. The van der Waals surface area contributed by atoms with Gasteiger partial charge < -0.3 is 10.5 Å². The maximum Gasteiger partial charge on any atom is 0.308 e. The van der Waals surface area contributed by atoms with Crippen LogP contribution in [0.1, 0.15) is 52.9 Å². The van der Waals surface area contributed by atoms with Crippen molar-refractivity contribution in [2.75, 3.05) is 6.61 Å². The van der Waals surface area contributed by atoms with Crippen molar-refractivity contribution in [3.8, 4) is 0 Å². The number of hydrogen-bond acceptors (Lipinski definition) is 3. The van der Waals surface area contributed by atoms with Gasteiger partial charge in [0, 0.05) is 6.04 Å². The van der Waals surface area contributed by atoms with Crippen molar-refractivity contribution in [2.24, 2.45) is 11.7 Å². The largest absolute Gasteiger partial charge is 0.465 e. The van der Waals surface area contributed by atoms with Crippen molar-refractivity contribution >= 4 is 5.97 Å². The third-order valence-corrected chi connectivity index (χ3v) is 2.44. The van der Waals surface area contributed by atoms with Crippen molar-refractivity contribution in [2.45, 2.75) is 58.9 Å². The Kier molecular flexibility index (Phi) is 8.38. The minimum atomic E-state index is -0.0619. The second kappa shape index (κ2) is 8.72. The molecule has 0 rings (SSSR count). The molecule has 0 aromatic rings. The van der Waals surface area contributed by atoms with E-state index in [1.165, 1.54) is 0 Å². The van der Waals surface area contributed by atoms with E-state index in [1.54, 1.807) is 0 Å². The topological polar surface area (TPSA) is 52.3 Å². The van der Waals surface area contributed by atoms with Gasteiger partial charge in [0.05, 0.1) is 12.5 Å². The maximum atomic E-state index is 11.4. The normalized spacial score (nSPS) is 14.7. The number of esters is 1. The molecule has 0 aliphatic rings. The van der Waals surface area contributed by atoms with Gasteiger partial charge in [-0.3, -0.25) is 4.79 Å². The molecule has 0 heterocycles. The van der Waals surface area contributed by atoms with Crippen LogP contribution in [0.3, 0.4) is 0 Å². The highest BCUT2D eigenvalue weighted by molar-refractivity contribution is 5.71. The summed E-state index contributed by atoms with van der Waals surface area (Å²) in [6.07, 6.45) is 4.88. The van der Waals surface area contributed by atoms with Gasteiger partial charge in [0.25, 0.3) is 0 Å². The molecule has 0 saturated carbocycles. The van der Waals surface area contributed by atoms with Crippen LogP contribution in [-0.2, 0) is 9.53 Å². The number of carbonyl (C=O) groups is 1. The number of rotatable bonds is 8. The monoisotopic (exact) mass is 215 g/mol. The van der Waals surface area contributed by atoms with E-state index in [-0.39, 0.29) is 17.9 Å². The smallest absolute Gasteiger partial charge is 0.308 e. The molecule has 0 bridgehead atoms. The molecular formula is C12H25NO2. The van der Waals surface area contributed by atoms with E-state index in [2.05, 4.69) is 6.92 Å². The molecule has 0 radical (unpaired) electrons. The molecule has 2 N–H and O–H groups in total. The number of ether oxygens (including phenoxy) is 1. The van der Waals surface area contributed by atoms with E-state index >= 15 is 0 Å². The Balaban J connectivity index is 3.51. The lowest BCUT2D eigenvalue weighted by Crippen LogP contribution is -2.18. The molecule has 0 spiro atoms. The van der Waals surface area contributed by atoms with Crippen molar-refractivity contribution in [3.05, 3.63) is 0 Å². The SMILES string of the molecule is CCCCOC(=O)C(C)CCCC(C)N. The Morgan fingerprint density at radius 1 is 1.27 bits per heavy atom. The lowest BCUT2D eigenvalue weighted by Gasteiger charge is -2.11. The summed E-state index contributed by atoms with van der Waals surface area (Å²) in [6, 6.07) is 0.230. The number of unbranched alkanes of at least 4 members (excludes halogenated alkanes) is 1. The first-order valence-electron chi connectivity index (χ1n) is 6.00. The van der Waals surface area contributed by atoms with Crippen LogP contribution < -0.4 is 5.73 Å². The summed E-state index contributed by atoms with van der Waals surface area (Å²) in [7, 11) is 0. The molecule has 2 unspecified atom stereocenters. The van der Waals surface area contributed by atoms with Crippen LogP contribution in [0.15, 0.2) is 0 Å². The van der Waals surface area contributed by atoms with E-state index in [0.29, 0.717) is 6.61 Å². The van der Waals surface area contributed by atoms with E-state index in [9.17, 15) is 4.79 Å². The first-order chi connectivity index (χ1) is 7.07. The van der Waals surface area contributed by atoms with Gasteiger partial charge in [-0.2, -0.15) is 0 Å². The van der Waals surface area contributed by atoms with Crippen molar-refractivity contribution in [1.82, 2.24) is 0 Å². The zero-order valence-electron chi connectivity index (χ0n) is 10.3. The Bertz CT molecular complexity index is 169. The van der Waals surface area contributed by atoms with E-state index < -0.39 is 0 Å². The third kappa shape index (κ3) is 8.43. The van der Waals surface area contributed by atoms with Gasteiger partial charge in [0.15, 0.2) is 0 Å². The van der Waals surface area contributed by atoms with Crippen molar-refractivity contribution < 1.29 is 9.53 Å².